The zero-order chi connectivity index (χ0) is 11.2. The lowest BCUT2D eigenvalue weighted by atomic mass is 9.70. The van der Waals surface area contributed by atoms with Crippen molar-refractivity contribution in [3.8, 4) is 0 Å². The highest BCUT2D eigenvalue weighted by Crippen LogP contribution is 2.41. The number of nitrogens with zero attached hydrogens (tertiary/aromatic N) is 1. The summed E-state index contributed by atoms with van der Waals surface area (Å²) in [5, 5.41) is 0. The Balaban J connectivity index is 2.50. The average molecular weight is 203 g/mol. The molecule has 0 aromatic rings. The molecule has 2 rings (SSSR count). The van der Waals surface area contributed by atoms with Gasteiger partial charge in [-0.15, -0.1) is 0 Å². The maximum atomic E-state index is 4.85. The fourth-order valence-corrected chi connectivity index (χ4v) is 2.64. The van der Waals surface area contributed by atoms with Gasteiger partial charge in [0.1, 0.15) is 0 Å². The lowest BCUT2D eigenvalue weighted by Gasteiger charge is -2.38. The van der Waals surface area contributed by atoms with Gasteiger partial charge in [-0.25, -0.2) is 0 Å². The molecule has 2 aliphatic rings. The Morgan fingerprint density at radius 2 is 1.93 bits per heavy atom. The molecule has 0 aromatic carbocycles. The van der Waals surface area contributed by atoms with Crippen molar-refractivity contribution >= 4 is 5.71 Å². The van der Waals surface area contributed by atoms with E-state index in [4.69, 9.17) is 4.99 Å². The van der Waals surface area contributed by atoms with E-state index >= 15 is 0 Å². The SMILES string of the molecule is CC1=CC2CC(N=C(C)C2(C)C)C(C)=C1. The van der Waals surface area contributed by atoms with E-state index in [9.17, 15) is 0 Å². The Bertz CT molecular complexity index is 369. The second-order valence-electron chi connectivity index (χ2n) is 5.59. The Labute approximate surface area is 93.0 Å². The molecule has 2 unspecified atom stereocenters. The van der Waals surface area contributed by atoms with Crippen LogP contribution in [0.5, 0.6) is 0 Å². The van der Waals surface area contributed by atoms with Crippen molar-refractivity contribution in [1.82, 2.24) is 0 Å². The molecule has 0 saturated carbocycles. The summed E-state index contributed by atoms with van der Waals surface area (Å²) in [7, 11) is 0. The normalized spacial score (nSPS) is 33.8. The first-order chi connectivity index (χ1) is 6.91. The van der Waals surface area contributed by atoms with Gasteiger partial charge < -0.3 is 0 Å². The van der Waals surface area contributed by atoms with Crippen molar-refractivity contribution < 1.29 is 0 Å². The van der Waals surface area contributed by atoms with Crippen LogP contribution in [-0.2, 0) is 0 Å². The fourth-order valence-electron chi connectivity index (χ4n) is 2.64. The summed E-state index contributed by atoms with van der Waals surface area (Å²) in [6.45, 7) is 11.2. The predicted octanol–water partition coefficient (Wildman–Crippen LogP) is 3.77. The molecule has 2 bridgehead atoms. The van der Waals surface area contributed by atoms with E-state index in [-0.39, 0.29) is 5.41 Å². The van der Waals surface area contributed by atoms with Gasteiger partial charge in [0.2, 0.25) is 0 Å². The van der Waals surface area contributed by atoms with Gasteiger partial charge in [-0.3, -0.25) is 4.99 Å². The second-order valence-corrected chi connectivity index (χ2v) is 5.59. The number of hydrogen-bond donors (Lipinski definition) is 0. The van der Waals surface area contributed by atoms with Gasteiger partial charge in [-0.05, 0) is 38.7 Å². The van der Waals surface area contributed by atoms with Crippen LogP contribution in [0, 0.1) is 11.3 Å². The molecule has 82 valence electrons. The number of aliphatic imine (C=N–C) groups is 1. The maximum Gasteiger partial charge on any atom is 0.0714 e. The van der Waals surface area contributed by atoms with Crippen LogP contribution >= 0.6 is 0 Å². The largest absolute Gasteiger partial charge is 0.286 e. The molecule has 0 fully saturated rings. The lowest BCUT2D eigenvalue weighted by Crippen LogP contribution is -2.37. The molecule has 1 heteroatoms. The molecule has 0 radical (unpaired) electrons. The van der Waals surface area contributed by atoms with Gasteiger partial charge in [-0.1, -0.05) is 31.6 Å². The van der Waals surface area contributed by atoms with Crippen LogP contribution in [0.4, 0.5) is 0 Å². The first kappa shape index (κ1) is 10.7. The van der Waals surface area contributed by atoms with Crippen molar-refractivity contribution in [3.05, 3.63) is 23.3 Å². The van der Waals surface area contributed by atoms with Crippen molar-refractivity contribution in [3.63, 3.8) is 0 Å². The number of rotatable bonds is 0. The smallest absolute Gasteiger partial charge is 0.0714 e. The third-order valence-electron chi connectivity index (χ3n) is 4.13. The van der Waals surface area contributed by atoms with E-state index in [2.05, 4.69) is 46.8 Å². The fraction of sp³-hybridized carbons (Fsp3) is 0.643. The lowest BCUT2D eigenvalue weighted by molar-refractivity contribution is 0.318. The van der Waals surface area contributed by atoms with E-state index < -0.39 is 0 Å². The Hall–Kier alpha value is -0.850. The van der Waals surface area contributed by atoms with Crippen molar-refractivity contribution in [2.45, 2.75) is 47.1 Å². The molecule has 1 aliphatic heterocycles. The minimum Gasteiger partial charge on any atom is -0.286 e. The number of fused-ring (bicyclic) bond motifs is 2. The van der Waals surface area contributed by atoms with Crippen LogP contribution in [0.15, 0.2) is 28.3 Å². The zero-order valence-corrected chi connectivity index (χ0v) is 10.5. The third-order valence-corrected chi connectivity index (χ3v) is 4.13. The summed E-state index contributed by atoms with van der Waals surface area (Å²) >= 11 is 0. The van der Waals surface area contributed by atoms with Crippen molar-refractivity contribution in [2.75, 3.05) is 0 Å². The van der Waals surface area contributed by atoms with Gasteiger partial charge in [0, 0.05) is 11.1 Å². The highest BCUT2D eigenvalue weighted by atomic mass is 14.8. The molecule has 0 spiro atoms. The molecule has 1 aliphatic carbocycles. The number of allylic oxidation sites excluding steroid dienone is 3. The van der Waals surface area contributed by atoms with Crippen molar-refractivity contribution in [2.24, 2.45) is 16.3 Å². The molecule has 1 heterocycles. The predicted molar refractivity (Wildman–Crippen MR) is 66.3 cm³/mol. The van der Waals surface area contributed by atoms with Crippen LogP contribution in [0.1, 0.15) is 41.0 Å². The summed E-state index contributed by atoms with van der Waals surface area (Å²) in [5.74, 6) is 0.647. The number of hydrogen-bond acceptors (Lipinski definition) is 1. The molecular weight excluding hydrogens is 182 g/mol. The van der Waals surface area contributed by atoms with Crippen LogP contribution in [0.2, 0.25) is 0 Å². The van der Waals surface area contributed by atoms with E-state index in [0.29, 0.717) is 12.0 Å². The zero-order valence-electron chi connectivity index (χ0n) is 10.5. The summed E-state index contributed by atoms with van der Waals surface area (Å²) in [5.41, 5.74) is 4.36. The highest BCUT2D eigenvalue weighted by Gasteiger charge is 2.37. The van der Waals surface area contributed by atoms with E-state index in [1.54, 1.807) is 0 Å². The quantitative estimate of drug-likeness (QED) is 0.568. The summed E-state index contributed by atoms with van der Waals surface area (Å²) in [4.78, 5) is 4.85. The maximum absolute atomic E-state index is 4.85. The summed E-state index contributed by atoms with van der Waals surface area (Å²) in [6, 6.07) is 0.428. The minimum absolute atomic E-state index is 0.232. The molecular formula is C14H21N. The monoisotopic (exact) mass is 203 g/mol. The molecule has 1 nitrogen and oxygen atoms in total. The average Bonchev–Trinajstić information content (AvgIpc) is 2.23. The minimum atomic E-state index is 0.232. The van der Waals surface area contributed by atoms with Crippen molar-refractivity contribution in [1.29, 1.82) is 0 Å². The van der Waals surface area contributed by atoms with Crippen LogP contribution in [0.3, 0.4) is 0 Å². The van der Waals surface area contributed by atoms with E-state index in [1.807, 2.05) is 0 Å². The second kappa shape index (κ2) is 3.33. The molecule has 0 N–H and O–H groups in total. The van der Waals surface area contributed by atoms with Crippen LogP contribution < -0.4 is 0 Å². The van der Waals surface area contributed by atoms with Gasteiger partial charge in [0.05, 0.1) is 6.04 Å². The molecule has 2 atom stereocenters. The van der Waals surface area contributed by atoms with Crippen LogP contribution in [0.25, 0.3) is 0 Å². The summed E-state index contributed by atoms with van der Waals surface area (Å²) < 4.78 is 0. The topological polar surface area (TPSA) is 12.4 Å². The molecule has 15 heavy (non-hydrogen) atoms. The molecule has 0 aromatic heterocycles. The molecule has 0 saturated heterocycles. The Morgan fingerprint density at radius 1 is 1.27 bits per heavy atom. The molecule has 0 amide bonds. The Kier molecular flexibility index (Phi) is 2.37. The third kappa shape index (κ3) is 1.68. The first-order valence-corrected chi connectivity index (χ1v) is 5.83. The van der Waals surface area contributed by atoms with Gasteiger partial charge >= 0.3 is 0 Å². The Morgan fingerprint density at radius 3 is 2.60 bits per heavy atom. The van der Waals surface area contributed by atoms with Gasteiger partial charge in [0.25, 0.3) is 0 Å². The van der Waals surface area contributed by atoms with Gasteiger partial charge in [0.15, 0.2) is 0 Å². The summed E-state index contributed by atoms with van der Waals surface area (Å²) in [6.07, 6.45) is 5.91. The van der Waals surface area contributed by atoms with E-state index in [1.165, 1.54) is 23.3 Å². The highest BCUT2D eigenvalue weighted by molar-refractivity contribution is 5.89. The van der Waals surface area contributed by atoms with Gasteiger partial charge in [-0.2, -0.15) is 0 Å². The van der Waals surface area contributed by atoms with E-state index in [0.717, 1.165) is 0 Å². The standard InChI is InChI=1S/C14H21N/c1-9-6-10(2)13-8-12(7-9)14(4,5)11(3)15-13/h6-7,12-13H,8H2,1-5H3. The van der Waals surface area contributed by atoms with Crippen LogP contribution in [-0.4, -0.2) is 11.8 Å². The first-order valence-electron chi connectivity index (χ1n) is 5.83.